The van der Waals surface area contributed by atoms with Crippen LogP contribution in [0.5, 0.6) is 0 Å². The summed E-state index contributed by atoms with van der Waals surface area (Å²) in [5, 5.41) is 2.05. The summed E-state index contributed by atoms with van der Waals surface area (Å²) in [6, 6.07) is 6.04. The maximum atomic E-state index is 14.1. The monoisotopic (exact) mass is 402 g/mol. The fourth-order valence-corrected chi connectivity index (χ4v) is 4.19. The molecule has 7 heteroatoms. The predicted molar refractivity (Wildman–Crippen MR) is 108 cm³/mol. The summed E-state index contributed by atoms with van der Waals surface area (Å²) in [6.07, 6.45) is 6.93. The van der Waals surface area contributed by atoms with Crippen LogP contribution in [0.25, 0.3) is 6.08 Å². The van der Waals surface area contributed by atoms with E-state index in [1.54, 1.807) is 23.6 Å². The molecule has 2 atom stereocenters. The Bertz CT molecular complexity index is 880. The summed E-state index contributed by atoms with van der Waals surface area (Å²) in [6.45, 7) is 3.52. The number of nitrogens with zero attached hydrogens (tertiary/aromatic N) is 2. The number of ether oxygens (including phenoxy) is 1. The zero-order chi connectivity index (χ0) is 20.1. The number of halogens is 1. The van der Waals surface area contributed by atoms with Gasteiger partial charge in [0.25, 0.3) is 0 Å². The van der Waals surface area contributed by atoms with E-state index < -0.39 is 11.8 Å². The second kappa shape index (κ2) is 9.10. The molecule has 1 aliphatic rings. The van der Waals surface area contributed by atoms with E-state index in [1.165, 1.54) is 47.8 Å². The molecule has 1 aromatic heterocycles. The standard InChI is InChI=1S/C21H23FN2O3S/c1-14-6-5-7-17(12-14)27-20(26)11-10-16-13-28-21(23-16)24(15(2)25)19-9-4-3-8-18(19)22/h3-4,8-11,13-14,17H,5-7,12H2,1-2H3/b11-10+. The minimum absolute atomic E-state index is 0.0267. The van der Waals surface area contributed by atoms with Gasteiger partial charge in [0.05, 0.1) is 11.4 Å². The molecule has 3 rings (SSSR count). The maximum absolute atomic E-state index is 14.1. The van der Waals surface area contributed by atoms with E-state index in [-0.39, 0.29) is 17.7 Å². The summed E-state index contributed by atoms with van der Waals surface area (Å²) in [7, 11) is 0. The highest BCUT2D eigenvalue weighted by atomic mass is 32.1. The molecule has 2 aromatic rings. The van der Waals surface area contributed by atoms with Crippen molar-refractivity contribution in [3.05, 3.63) is 47.2 Å². The lowest BCUT2D eigenvalue weighted by Gasteiger charge is -2.25. The predicted octanol–water partition coefficient (Wildman–Crippen LogP) is 5.10. The average molecular weight is 402 g/mol. The molecular weight excluding hydrogens is 379 g/mol. The topological polar surface area (TPSA) is 59.5 Å². The first-order valence-corrected chi connectivity index (χ1v) is 10.2. The molecule has 28 heavy (non-hydrogen) atoms. The highest BCUT2D eigenvalue weighted by Gasteiger charge is 2.22. The Kier molecular flexibility index (Phi) is 6.57. The van der Waals surface area contributed by atoms with Crippen LogP contribution in [0.1, 0.15) is 45.2 Å². The largest absolute Gasteiger partial charge is 0.459 e. The van der Waals surface area contributed by atoms with E-state index in [9.17, 15) is 14.0 Å². The van der Waals surface area contributed by atoms with Crippen molar-refractivity contribution in [2.75, 3.05) is 4.90 Å². The molecule has 0 spiro atoms. The summed E-state index contributed by atoms with van der Waals surface area (Å²) in [5.74, 6) is -0.671. The third kappa shape index (κ3) is 5.04. The molecule has 1 heterocycles. The third-order valence-electron chi connectivity index (χ3n) is 4.67. The van der Waals surface area contributed by atoms with E-state index in [0.717, 1.165) is 19.3 Å². The number of para-hydroxylation sites is 1. The van der Waals surface area contributed by atoms with Gasteiger partial charge in [0, 0.05) is 18.4 Å². The SMILES string of the molecule is CC(=O)N(c1nc(/C=C/C(=O)OC2CCCC(C)C2)cs1)c1ccccc1F. The van der Waals surface area contributed by atoms with Crippen molar-refractivity contribution < 1.29 is 18.7 Å². The van der Waals surface area contributed by atoms with Crippen molar-refractivity contribution in [3.63, 3.8) is 0 Å². The zero-order valence-electron chi connectivity index (χ0n) is 15.9. The van der Waals surface area contributed by atoms with Gasteiger partial charge >= 0.3 is 5.97 Å². The normalized spacial score (nSPS) is 19.5. The number of aromatic nitrogens is 1. The van der Waals surface area contributed by atoms with Crippen LogP contribution in [0.15, 0.2) is 35.7 Å². The van der Waals surface area contributed by atoms with E-state index >= 15 is 0 Å². The maximum Gasteiger partial charge on any atom is 0.331 e. The fraction of sp³-hybridized carbons (Fsp3) is 0.381. The van der Waals surface area contributed by atoms with Gasteiger partial charge in [0.2, 0.25) is 5.91 Å². The van der Waals surface area contributed by atoms with Crippen LogP contribution in [-0.2, 0) is 14.3 Å². The molecule has 0 radical (unpaired) electrons. The number of carbonyl (C=O) groups is 2. The summed E-state index contributed by atoms with van der Waals surface area (Å²) in [5.41, 5.74) is 0.655. The van der Waals surface area contributed by atoms with Crippen molar-refractivity contribution in [1.82, 2.24) is 4.98 Å². The van der Waals surface area contributed by atoms with E-state index in [2.05, 4.69) is 11.9 Å². The van der Waals surface area contributed by atoms with Crippen LogP contribution >= 0.6 is 11.3 Å². The summed E-state index contributed by atoms with van der Waals surface area (Å²) in [4.78, 5) is 29.7. The van der Waals surface area contributed by atoms with Crippen LogP contribution in [-0.4, -0.2) is 23.0 Å². The Labute approximate surface area is 167 Å². The van der Waals surface area contributed by atoms with Gasteiger partial charge in [-0.3, -0.25) is 9.69 Å². The molecule has 1 saturated carbocycles. The molecule has 2 unspecified atom stereocenters. The van der Waals surface area contributed by atoms with Crippen molar-refractivity contribution >= 4 is 40.1 Å². The highest BCUT2D eigenvalue weighted by molar-refractivity contribution is 7.14. The van der Waals surface area contributed by atoms with Gasteiger partial charge in [-0.15, -0.1) is 11.3 Å². The number of carbonyl (C=O) groups excluding carboxylic acids is 2. The molecule has 5 nitrogen and oxygen atoms in total. The molecule has 1 aromatic carbocycles. The minimum atomic E-state index is -0.504. The summed E-state index contributed by atoms with van der Waals surface area (Å²) >= 11 is 1.20. The average Bonchev–Trinajstić information content (AvgIpc) is 3.10. The zero-order valence-corrected chi connectivity index (χ0v) is 16.7. The first kappa shape index (κ1) is 20.2. The second-order valence-corrected chi connectivity index (χ2v) is 7.86. The quantitative estimate of drug-likeness (QED) is 0.516. The van der Waals surface area contributed by atoms with Crippen LogP contribution < -0.4 is 4.90 Å². The molecule has 148 valence electrons. The van der Waals surface area contributed by atoms with Gasteiger partial charge in [-0.05, 0) is 43.4 Å². The highest BCUT2D eigenvalue weighted by Crippen LogP contribution is 2.31. The van der Waals surface area contributed by atoms with Crippen LogP contribution in [0.3, 0.4) is 0 Å². The lowest BCUT2D eigenvalue weighted by molar-refractivity contribution is -0.144. The third-order valence-corrected chi connectivity index (χ3v) is 5.51. The number of anilines is 2. The smallest absolute Gasteiger partial charge is 0.331 e. The van der Waals surface area contributed by atoms with Gasteiger partial charge < -0.3 is 4.74 Å². The van der Waals surface area contributed by atoms with Gasteiger partial charge in [-0.2, -0.15) is 0 Å². The summed E-state index contributed by atoms with van der Waals surface area (Å²) < 4.78 is 19.6. The van der Waals surface area contributed by atoms with Crippen LogP contribution in [0.2, 0.25) is 0 Å². The van der Waals surface area contributed by atoms with Gasteiger partial charge in [0.1, 0.15) is 11.9 Å². The van der Waals surface area contributed by atoms with E-state index in [0.29, 0.717) is 16.7 Å². The number of amides is 1. The van der Waals surface area contributed by atoms with Crippen molar-refractivity contribution in [3.8, 4) is 0 Å². The molecule has 1 fully saturated rings. The lowest BCUT2D eigenvalue weighted by Crippen LogP contribution is -2.23. The first-order chi connectivity index (χ1) is 13.4. The number of hydrogen-bond donors (Lipinski definition) is 0. The van der Waals surface area contributed by atoms with Gasteiger partial charge in [0.15, 0.2) is 5.13 Å². The Morgan fingerprint density at radius 3 is 2.82 bits per heavy atom. The van der Waals surface area contributed by atoms with Crippen LogP contribution in [0.4, 0.5) is 15.2 Å². The molecule has 1 amide bonds. The van der Waals surface area contributed by atoms with Gasteiger partial charge in [-0.25, -0.2) is 14.2 Å². The molecule has 0 N–H and O–H groups in total. The Morgan fingerprint density at radius 2 is 2.11 bits per heavy atom. The first-order valence-electron chi connectivity index (χ1n) is 9.33. The number of benzene rings is 1. The molecule has 0 bridgehead atoms. The molecule has 0 saturated heterocycles. The van der Waals surface area contributed by atoms with Gasteiger partial charge in [-0.1, -0.05) is 25.5 Å². The minimum Gasteiger partial charge on any atom is -0.459 e. The van der Waals surface area contributed by atoms with Crippen molar-refractivity contribution in [2.45, 2.75) is 45.6 Å². The number of esters is 1. The van der Waals surface area contributed by atoms with Crippen molar-refractivity contribution in [2.24, 2.45) is 5.92 Å². The Balaban J connectivity index is 1.68. The number of hydrogen-bond acceptors (Lipinski definition) is 5. The number of rotatable bonds is 5. The fourth-order valence-electron chi connectivity index (χ4n) is 3.34. The molecule has 0 aliphatic heterocycles. The number of thiazole rings is 1. The lowest BCUT2D eigenvalue weighted by atomic mass is 9.89. The molecule has 1 aliphatic carbocycles. The Morgan fingerprint density at radius 1 is 1.32 bits per heavy atom. The molecular formula is C21H23FN2O3S. The van der Waals surface area contributed by atoms with E-state index in [1.807, 2.05) is 0 Å². The van der Waals surface area contributed by atoms with E-state index in [4.69, 9.17) is 4.74 Å². The van der Waals surface area contributed by atoms with Crippen molar-refractivity contribution in [1.29, 1.82) is 0 Å². The second-order valence-electron chi connectivity index (χ2n) is 7.02. The Hall–Kier alpha value is -2.54. The van der Waals surface area contributed by atoms with Crippen LogP contribution in [0, 0.1) is 11.7 Å².